The lowest BCUT2D eigenvalue weighted by molar-refractivity contribution is -0.282. The minimum Gasteiger partial charge on any atom is -0.462 e. The lowest BCUT2D eigenvalue weighted by Gasteiger charge is -2.24. The van der Waals surface area contributed by atoms with E-state index in [1.807, 2.05) is 0 Å². The van der Waals surface area contributed by atoms with Crippen molar-refractivity contribution in [3.05, 3.63) is 12.7 Å². The van der Waals surface area contributed by atoms with Crippen molar-refractivity contribution in [2.75, 3.05) is 54.9 Å². The Labute approximate surface area is 161 Å². The lowest BCUT2D eigenvalue weighted by Crippen LogP contribution is -2.42. The molecule has 0 aromatic rings. The molecule has 0 bridgehead atoms. The molecular formula is C17H32O9Si. The van der Waals surface area contributed by atoms with E-state index in [0.29, 0.717) is 25.5 Å². The van der Waals surface area contributed by atoms with E-state index in [4.69, 9.17) is 27.6 Å². The Hall–Kier alpha value is -0.853. The zero-order chi connectivity index (χ0) is 20.3. The number of allylic oxidation sites excluding steroid dienone is 1. The number of carbonyl (C=O) groups is 1. The summed E-state index contributed by atoms with van der Waals surface area (Å²) in [6, 6.07) is 0.604. The van der Waals surface area contributed by atoms with Crippen LogP contribution in [0.2, 0.25) is 6.04 Å². The van der Waals surface area contributed by atoms with Gasteiger partial charge in [-0.3, -0.25) is 4.79 Å². The maximum Gasteiger partial charge on any atom is 0.500 e. The van der Waals surface area contributed by atoms with Crippen LogP contribution in [-0.4, -0.2) is 80.9 Å². The van der Waals surface area contributed by atoms with Crippen LogP contribution in [0.15, 0.2) is 12.7 Å². The highest BCUT2D eigenvalue weighted by Crippen LogP contribution is 2.54. The topological polar surface area (TPSA) is 102 Å². The Bertz CT molecular complexity index is 449. The number of carbonyl (C=O) groups excluding carboxylic acids is 1. The van der Waals surface area contributed by atoms with Gasteiger partial charge in [-0.2, -0.15) is 0 Å². The third kappa shape index (κ3) is 6.91. The molecule has 0 spiro atoms. The summed E-state index contributed by atoms with van der Waals surface area (Å²) in [5.41, 5.74) is -0.771. The summed E-state index contributed by atoms with van der Waals surface area (Å²) in [7, 11) is 3.44. The molecular weight excluding hydrogens is 376 g/mol. The van der Waals surface area contributed by atoms with E-state index in [-0.39, 0.29) is 25.7 Å². The largest absolute Gasteiger partial charge is 0.500 e. The zero-order valence-corrected chi connectivity index (χ0v) is 17.6. The Morgan fingerprint density at radius 1 is 1.26 bits per heavy atom. The average Bonchev–Trinajstić information content (AvgIpc) is 3.42. The second kappa shape index (κ2) is 11.9. The molecule has 1 fully saturated rings. The van der Waals surface area contributed by atoms with Crippen LogP contribution in [0.4, 0.5) is 0 Å². The quantitative estimate of drug-likeness (QED) is 0.0998. The molecule has 3 atom stereocenters. The van der Waals surface area contributed by atoms with Gasteiger partial charge in [0.25, 0.3) is 0 Å². The maximum atomic E-state index is 12.3. The minimum atomic E-state index is -2.60. The Balaban J connectivity index is 2.24. The average molecular weight is 409 g/mol. The molecule has 27 heavy (non-hydrogen) atoms. The van der Waals surface area contributed by atoms with Crippen molar-refractivity contribution in [1.82, 2.24) is 0 Å². The zero-order valence-electron chi connectivity index (χ0n) is 16.6. The summed E-state index contributed by atoms with van der Waals surface area (Å²) in [5, 5.41) is 9.94. The van der Waals surface area contributed by atoms with Gasteiger partial charge >= 0.3 is 14.8 Å². The van der Waals surface area contributed by atoms with Gasteiger partial charge in [-0.15, -0.1) is 6.58 Å². The van der Waals surface area contributed by atoms with Crippen molar-refractivity contribution in [1.29, 1.82) is 0 Å². The van der Waals surface area contributed by atoms with Crippen molar-refractivity contribution in [2.24, 2.45) is 11.3 Å². The van der Waals surface area contributed by atoms with Crippen LogP contribution < -0.4 is 0 Å². The number of rotatable bonds is 16. The second-order valence-electron chi connectivity index (χ2n) is 6.36. The maximum absolute atomic E-state index is 12.3. The van der Waals surface area contributed by atoms with Gasteiger partial charge in [0.1, 0.15) is 18.1 Å². The molecule has 158 valence electrons. The Morgan fingerprint density at radius 3 is 2.44 bits per heavy atom. The van der Waals surface area contributed by atoms with Crippen LogP contribution in [0, 0.1) is 11.3 Å². The molecule has 0 radical (unpaired) electrons. The number of hydrogen-bond acceptors (Lipinski definition) is 9. The number of esters is 1. The van der Waals surface area contributed by atoms with Crippen LogP contribution in [0.1, 0.15) is 12.8 Å². The number of hydrogen-bond donors (Lipinski definition) is 1. The van der Waals surface area contributed by atoms with Gasteiger partial charge in [-0.1, -0.05) is 6.08 Å². The second-order valence-corrected chi connectivity index (χ2v) is 9.45. The van der Waals surface area contributed by atoms with E-state index >= 15 is 0 Å². The highest BCUT2D eigenvalue weighted by Gasteiger charge is 2.60. The number of ether oxygens (including phenoxy) is 2. The van der Waals surface area contributed by atoms with Gasteiger partial charge in [-0.05, 0) is 18.8 Å². The van der Waals surface area contributed by atoms with Gasteiger partial charge in [0, 0.05) is 34.0 Å². The van der Waals surface area contributed by atoms with Crippen LogP contribution in [0.3, 0.4) is 0 Å². The van der Waals surface area contributed by atoms with Crippen molar-refractivity contribution in [3.8, 4) is 0 Å². The molecule has 1 N–H and O–H groups in total. The fraction of sp³-hybridized carbons (Fsp3) is 0.824. The molecule has 1 aliphatic rings. The number of aliphatic hydroxyl groups excluding tert-OH is 1. The smallest absolute Gasteiger partial charge is 0.462 e. The summed E-state index contributed by atoms with van der Waals surface area (Å²) < 4.78 is 26.6. The molecule has 0 amide bonds. The number of aliphatic hydroxyl groups is 1. The normalized spacial score (nSPS) is 23.1. The predicted molar refractivity (Wildman–Crippen MR) is 97.7 cm³/mol. The van der Waals surface area contributed by atoms with E-state index < -0.39 is 26.3 Å². The van der Waals surface area contributed by atoms with Crippen LogP contribution in [0.5, 0.6) is 0 Å². The first-order valence-corrected chi connectivity index (χ1v) is 10.7. The Morgan fingerprint density at radius 2 is 1.93 bits per heavy atom. The molecule has 1 aliphatic carbocycles. The van der Waals surface area contributed by atoms with Crippen LogP contribution in [0.25, 0.3) is 0 Å². The van der Waals surface area contributed by atoms with Gasteiger partial charge < -0.3 is 27.9 Å². The first kappa shape index (κ1) is 24.2. The third-order valence-electron chi connectivity index (χ3n) is 4.68. The molecule has 10 heteroatoms. The molecule has 9 nitrogen and oxygen atoms in total. The summed E-state index contributed by atoms with van der Waals surface area (Å²) >= 11 is 0. The van der Waals surface area contributed by atoms with E-state index in [1.54, 1.807) is 27.4 Å². The fourth-order valence-corrected chi connectivity index (χ4v) is 4.49. The van der Waals surface area contributed by atoms with E-state index in [0.717, 1.165) is 0 Å². The first-order chi connectivity index (χ1) is 12.9. The van der Waals surface area contributed by atoms with E-state index in [9.17, 15) is 9.90 Å². The minimum absolute atomic E-state index is 0.0136. The summed E-state index contributed by atoms with van der Waals surface area (Å²) in [6.45, 7) is 4.10. The van der Waals surface area contributed by atoms with Crippen molar-refractivity contribution in [2.45, 2.75) is 25.0 Å². The van der Waals surface area contributed by atoms with Crippen LogP contribution in [-0.2, 0) is 37.3 Å². The van der Waals surface area contributed by atoms with E-state index in [1.165, 1.54) is 7.11 Å². The summed E-state index contributed by atoms with van der Waals surface area (Å²) in [6.07, 6.45) is 2.04. The SMILES string of the molecule is C=CC1CC1(COOC)C(=O)OCC(O)COCCC[Si](OC)(OC)OC. The van der Waals surface area contributed by atoms with E-state index in [2.05, 4.69) is 11.5 Å². The molecule has 0 aromatic heterocycles. The molecule has 3 unspecified atom stereocenters. The molecule has 0 aromatic carbocycles. The summed E-state index contributed by atoms with van der Waals surface area (Å²) in [4.78, 5) is 21.8. The van der Waals surface area contributed by atoms with Crippen LogP contribution >= 0.6 is 0 Å². The fourth-order valence-electron chi connectivity index (χ4n) is 2.80. The van der Waals surface area contributed by atoms with Crippen molar-refractivity contribution >= 4 is 14.8 Å². The first-order valence-electron chi connectivity index (χ1n) is 8.80. The third-order valence-corrected chi connectivity index (χ3v) is 7.51. The highest BCUT2D eigenvalue weighted by atomic mass is 28.4. The van der Waals surface area contributed by atoms with Gasteiger partial charge in [0.15, 0.2) is 0 Å². The molecule has 0 saturated heterocycles. The molecule has 1 rings (SSSR count). The lowest BCUT2D eigenvalue weighted by atomic mass is 10.1. The van der Waals surface area contributed by atoms with Gasteiger partial charge in [0.2, 0.25) is 0 Å². The molecule has 1 saturated carbocycles. The monoisotopic (exact) mass is 408 g/mol. The molecule has 0 aliphatic heterocycles. The standard InChI is InChI=1S/C17H32O9Si/c1-6-14-10-17(14,13-26-20-2)16(19)25-12-15(18)11-24-8-7-9-27(21-3,22-4)23-5/h6,14-15,18H,1,7-13H2,2-5H3. The van der Waals surface area contributed by atoms with Crippen molar-refractivity contribution < 1.29 is 42.4 Å². The summed E-state index contributed by atoms with van der Waals surface area (Å²) in [5.74, 6) is -0.445. The van der Waals surface area contributed by atoms with Crippen molar-refractivity contribution in [3.63, 3.8) is 0 Å². The van der Waals surface area contributed by atoms with Gasteiger partial charge in [-0.25, -0.2) is 9.78 Å². The highest BCUT2D eigenvalue weighted by molar-refractivity contribution is 6.60. The predicted octanol–water partition coefficient (Wildman–Crippen LogP) is 0.946. The molecule has 0 heterocycles. The van der Waals surface area contributed by atoms with Gasteiger partial charge in [0.05, 0.1) is 20.3 Å². The Kier molecular flexibility index (Phi) is 10.6.